The number of hydrogen-bond acceptors (Lipinski definition) is 7. The molecule has 1 amide bonds. The molecule has 41 heavy (non-hydrogen) atoms. The van der Waals surface area contributed by atoms with Gasteiger partial charge in [0.25, 0.3) is 0 Å². The monoisotopic (exact) mass is 565 g/mol. The van der Waals surface area contributed by atoms with Crippen LogP contribution in [0.15, 0.2) is 72.8 Å². The third-order valence-corrected chi connectivity index (χ3v) is 6.23. The largest absolute Gasteiger partial charge is 0.494 e. The third kappa shape index (κ3) is 10.7. The number of unbranched alkanes of at least 4 members (excludes halogenated alkanes) is 1. The van der Waals surface area contributed by atoms with Gasteiger partial charge in [0, 0.05) is 19.6 Å². The van der Waals surface area contributed by atoms with Crippen molar-refractivity contribution in [1.29, 1.82) is 0 Å². The number of benzene rings is 3. The molecule has 3 rings (SSSR count). The maximum atomic E-state index is 13.2. The van der Waals surface area contributed by atoms with Gasteiger partial charge in [0.15, 0.2) is 17.6 Å². The van der Waals surface area contributed by atoms with Crippen LogP contribution in [0.4, 0.5) is 4.79 Å². The highest BCUT2D eigenvalue weighted by molar-refractivity contribution is 5.73. The summed E-state index contributed by atoms with van der Waals surface area (Å²) in [5.41, 5.74) is 1.77. The highest BCUT2D eigenvalue weighted by Crippen LogP contribution is 2.28. The van der Waals surface area contributed by atoms with Crippen molar-refractivity contribution in [2.45, 2.75) is 39.2 Å². The van der Waals surface area contributed by atoms with Crippen LogP contribution in [-0.2, 0) is 16.0 Å². The Balaban J connectivity index is 1.56. The van der Waals surface area contributed by atoms with E-state index in [0.29, 0.717) is 50.0 Å². The topological polar surface area (TPSA) is 104 Å². The Hall–Kier alpha value is -4.24. The Morgan fingerprint density at radius 2 is 1.56 bits per heavy atom. The molecule has 9 heteroatoms. The first-order valence-corrected chi connectivity index (χ1v) is 13.7. The minimum Gasteiger partial charge on any atom is -0.494 e. The van der Waals surface area contributed by atoms with Crippen molar-refractivity contribution in [3.8, 4) is 23.0 Å². The van der Waals surface area contributed by atoms with Gasteiger partial charge in [-0.3, -0.25) is 0 Å². The fourth-order valence-corrected chi connectivity index (χ4v) is 4.06. The molecule has 0 aliphatic carbocycles. The molecule has 3 aromatic carbocycles. The first kappa shape index (κ1) is 31.3. The SMILES string of the molecule is CCOC(Cc1ccc(OCCN(CCCCOc2ccccc2)C(=O)Oc2cc(C)ccc2OC)cc1)C(=O)O. The zero-order valence-corrected chi connectivity index (χ0v) is 23.9. The lowest BCUT2D eigenvalue weighted by Crippen LogP contribution is -2.37. The van der Waals surface area contributed by atoms with E-state index >= 15 is 0 Å². The Labute approximate surface area is 241 Å². The number of amides is 1. The summed E-state index contributed by atoms with van der Waals surface area (Å²) < 4.78 is 28.0. The number of carbonyl (C=O) groups is 2. The van der Waals surface area contributed by atoms with Gasteiger partial charge in [-0.05, 0) is 74.2 Å². The van der Waals surface area contributed by atoms with E-state index in [1.165, 1.54) is 7.11 Å². The van der Waals surface area contributed by atoms with E-state index in [9.17, 15) is 14.7 Å². The molecule has 0 aromatic heterocycles. The number of methoxy groups -OCH3 is 1. The lowest BCUT2D eigenvalue weighted by molar-refractivity contribution is -0.149. The van der Waals surface area contributed by atoms with Crippen LogP contribution >= 0.6 is 0 Å². The van der Waals surface area contributed by atoms with Gasteiger partial charge < -0.3 is 33.7 Å². The number of nitrogens with zero attached hydrogens (tertiary/aromatic N) is 1. The summed E-state index contributed by atoms with van der Waals surface area (Å²) in [4.78, 5) is 26.1. The van der Waals surface area contributed by atoms with Crippen molar-refractivity contribution in [2.75, 3.05) is 40.0 Å². The van der Waals surface area contributed by atoms with Gasteiger partial charge in [-0.2, -0.15) is 0 Å². The number of aryl methyl sites for hydroxylation is 1. The molecular weight excluding hydrogens is 526 g/mol. The van der Waals surface area contributed by atoms with Crippen LogP contribution in [0, 0.1) is 6.92 Å². The Kier molecular flexibility index (Phi) is 12.8. The molecule has 1 atom stereocenters. The van der Waals surface area contributed by atoms with E-state index in [1.54, 1.807) is 36.1 Å². The predicted octanol–water partition coefficient (Wildman–Crippen LogP) is 5.77. The number of ether oxygens (including phenoxy) is 5. The van der Waals surface area contributed by atoms with Gasteiger partial charge in [0.05, 0.1) is 20.3 Å². The zero-order chi connectivity index (χ0) is 29.5. The first-order chi connectivity index (χ1) is 19.9. The van der Waals surface area contributed by atoms with Gasteiger partial charge >= 0.3 is 12.1 Å². The van der Waals surface area contributed by atoms with Crippen LogP contribution in [-0.4, -0.2) is 68.2 Å². The Bertz CT molecular complexity index is 1220. The Morgan fingerprint density at radius 3 is 2.24 bits per heavy atom. The molecule has 0 spiro atoms. The molecule has 0 heterocycles. The molecule has 220 valence electrons. The number of hydrogen-bond donors (Lipinski definition) is 1. The van der Waals surface area contributed by atoms with Crippen LogP contribution in [0.3, 0.4) is 0 Å². The average Bonchev–Trinajstić information content (AvgIpc) is 2.97. The van der Waals surface area contributed by atoms with E-state index in [0.717, 1.165) is 23.3 Å². The molecule has 1 unspecified atom stereocenters. The second-order valence-electron chi connectivity index (χ2n) is 9.36. The molecule has 3 aromatic rings. The molecule has 9 nitrogen and oxygen atoms in total. The van der Waals surface area contributed by atoms with E-state index in [4.69, 9.17) is 23.7 Å². The van der Waals surface area contributed by atoms with Gasteiger partial charge in [0.1, 0.15) is 18.1 Å². The second-order valence-corrected chi connectivity index (χ2v) is 9.36. The predicted molar refractivity (Wildman–Crippen MR) is 155 cm³/mol. The summed E-state index contributed by atoms with van der Waals surface area (Å²) in [6, 6.07) is 22.2. The number of carbonyl (C=O) groups excluding carboxylic acids is 1. The fourth-order valence-electron chi connectivity index (χ4n) is 4.06. The standard InChI is InChI=1S/C32H39NO8/c1-4-38-30(31(34)35)23-25-13-15-27(16-14-25)40-21-19-33(18-8-9-20-39-26-10-6-5-7-11-26)32(36)41-29-22-24(2)12-17-28(29)37-3/h5-7,10-17,22,30H,4,8-9,18-21,23H2,1-3H3,(H,34,35). The first-order valence-electron chi connectivity index (χ1n) is 13.7. The minimum atomic E-state index is -0.992. The van der Waals surface area contributed by atoms with Crippen molar-refractivity contribution >= 4 is 12.1 Å². The number of rotatable bonds is 17. The lowest BCUT2D eigenvalue weighted by atomic mass is 10.1. The number of carboxylic acids is 1. The Morgan fingerprint density at radius 1 is 0.854 bits per heavy atom. The zero-order valence-electron chi connectivity index (χ0n) is 23.9. The van der Waals surface area contributed by atoms with Gasteiger partial charge in [-0.25, -0.2) is 9.59 Å². The van der Waals surface area contributed by atoms with Crippen molar-refractivity contribution in [1.82, 2.24) is 4.90 Å². The average molecular weight is 566 g/mol. The molecule has 0 bridgehead atoms. The summed E-state index contributed by atoms with van der Waals surface area (Å²) in [7, 11) is 1.53. The highest BCUT2D eigenvalue weighted by Gasteiger charge is 2.19. The summed E-state index contributed by atoms with van der Waals surface area (Å²) in [5.74, 6) is 1.27. The van der Waals surface area contributed by atoms with E-state index in [1.807, 2.05) is 55.5 Å². The van der Waals surface area contributed by atoms with Gasteiger partial charge in [-0.1, -0.05) is 36.4 Å². The van der Waals surface area contributed by atoms with Crippen LogP contribution in [0.1, 0.15) is 30.9 Å². The highest BCUT2D eigenvalue weighted by atomic mass is 16.6. The van der Waals surface area contributed by atoms with Crippen molar-refractivity contribution in [3.63, 3.8) is 0 Å². The summed E-state index contributed by atoms with van der Waals surface area (Å²) in [6.45, 7) is 5.56. The van der Waals surface area contributed by atoms with Crippen LogP contribution in [0.25, 0.3) is 0 Å². The maximum Gasteiger partial charge on any atom is 0.415 e. The molecular formula is C32H39NO8. The van der Waals surface area contributed by atoms with Crippen molar-refractivity contribution in [3.05, 3.63) is 83.9 Å². The summed E-state index contributed by atoms with van der Waals surface area (Å²) in [5, 5.41) is 9.31. The lowest BCUT2D eigenvalue weighted by Gasteiger charge is -2.23. The smallest absolute Gasteiger partial charge is 0.415 e. The van der Waals surface area contributed by atoms with Gasteiger partial charge in [0.2, 0.25) is 0 Å². The van der Waals surface area contributed by atoms with Crippen LogP contribution in [0.5, 0.6) is 23.0 Å². The van der Waals surface area contributed by atoms with E-state index in [-0.39, 0.29) is 13.0 Å². The van der Waals surface area contributed by atoms with Gasteiger partial charge in [-0.15, -0.1) is 0 Å². The maximum absolute atomic E-state index is 13.2. The minimum absolute atomic E-state index is 0.247. The summed E-state index contributed by atoms with van der Waals surface area (Å²) in [6.07, 6.45) is 0.350. The normalized spacial score (nSPS) is 11.4. The van der Waals surface area contributed by atoms with E-state index in [2.05, 4.69) is 0 Å². The van der Waals surface area contributed by atoms with Crippen molar-refractivity contribution < 1.29 is 38.4 Å². The van der Waals surface area contributed by atoms with Crippen LogP contribution in [0.2, 0.25) is 0 Å². The molecule has 0 saturated heterocycles. The van der Waals surface area contributed by atoms with Crippen LogP contribution < -0.4 is 18.9 Å². The molecule has 0 radical (unpaired) electrons. The van der Waals surface area contributed by atoms with Crippen molar-refractivity contribution in [2.24, 2.45) is 0 Å². The fraction of sp³-hybridized carbons (Fsp3) is 0.375. The molecule has 0 aliphatic heterocycles. The third-order valence-electron chi connectivity index (χ3n) is 6.23. The molecule has 0 saturated carbocycles. The number of aliphatic carboxylic acids is 1. The summed E-state index contributed by atoms with van der Waals surface area (Å²) >= 11 is 0. The number of para-hydroxylation sites is 1. The number of carboxylic acid groups (broad SMARTS) is 1. The second kappa shape index (κ2) is 16.8. The quantitative estimate of drug-likeness (QED) is 0.206. The molecule has 1 N–H and O–H groups in total. The molecule has 0 aliphatic rings. The molecule has 0 fully saturated rings. The van der Waals surface area contributed by atoms with E-state index < -0.39 is 18.2 Å².